The smallest absolute Gasteiger partial charge is 0.232 e. The average molecular weight is 271 g/mol. The van der Waals surface area contributed by atoms with Gasteiger partial charge in [0.15, 0.2) is 5.82 Å². The van der Waals surface area contributed by atoms with Crippen LogP contribution in [0.4, 0.5) is 0 Å². The summed E-state index contributed by atoms with van der Waals surface area (Å²) in [6.45, 7) is 5.13. The van der Waals surface area contributed by atoms with Crippen molar-refractivity contribution in [2.75, 3.05) is 6.54 Å². The molecule has 1 fully saturated rings. The number of rotatable bonds is 3. The largest absolute Gasteiger partial charge is 0.339 e. The van der Waals surface area contributed by atoms with Gasteiger partial charge in [-0.15, -0.1) is 0 Å². The Morgan fingerprint density at radius 2 is 2.05 bits per heavy atom. The number of hydrogen-bond donors (Lipinski definition) is 0. The number of nitrogens with zero attached hydrogens (tertiary/aromatic N) is 3. The molecule has 2 aromatic rings. The molecule has 1 amide bonds. The van der Waals surface area contributed by atoms with Crippen molar-refractivity contribution in [3.8, 4) is 0 Å². The summed E-state index contributed by atoms with van der Waals surface area (Å²) in [6, 6.07) is 8.25. The van der Waals surface area contributed by atoms with Crippen LogP contribution in [0.5, 0.6) is 0 Å². The highest BCUT2D eigenvalue weighted by molar-refractivity contribution is 5.79. The maximum Gasteiger partial charge on any atom is 0.232 e. The average Bonchev–Trinajstić information content (AvgIpc) is 3.00. The Balaban J connectivity index is 1.69. The molecule has 0 bridgehead atoms. The van der Waals surface area contributed by atoms with Crippen molar-refractivity contribution >= 4 is 5.91 Å². The molecule has 20 heavy (non-hydrogen) atoms. The van der Waals surface area contributed by atoms with Gasteiger partial charge in [-0.1, -0.05) is 35.0 Å². The quantitative estimate of drug-likeness (QED) is 0.858. The molecular formula is C15H17N3O2. The van der Waals surface area contributed by atoms with Crippen LogP contribution in [0, 0.1) is 13.8 Å². The third-order valence-corrected chi connectivity index (χ3v) is 3.60. The standard InChI is InChI=1S/C15H17N3O2/c1-10-3-5-12(6-4-10)8-18-9-13(7-14(18)19)15-16-11(2)17-20-15/h3-6,13H,7-9H2,1-2H3/t13-/m0/s1. The van der Waals surface area contributed by atoms with Gasteiger partial charge >= 0.3 is 0 Å². The van der Waals surface area contributed by atoms with E-state index in [0.717, 1.165) is 5.56 Å². The summed E-state index contributed by atoms with van der Waals surface area (Å²) in [7, 11) is 0. The first kappa shape index (κ1) is 12.8. The summed E-state index contributed by atoms with van der Waals surface area (Å²) in [6.07, 6.45) is 0.452. The van der Waals surface area contributed by atoms with Gasteiger partial charge in [0.2, 0.25) is 11.8 Å². The van der Waals surface area contributed by atoms with Crippen molar-refractivity contribution in [1.29, 1.82) is 0 Å². The highest BCUT2D eigenvalue weighted by Gasteiger charge is 2.33. The molecule has 5 heteroatoms. The number of benzene rings is 1. The van der Waals surface area contributed by atoms with Gasteiger partial charge in [0, 0.05) is 19.5 Å². The Bertz CT molecular complexity index is 618. The van der Waals surface area contributed by atoms with Gasteiger partial charge < -0.3 is 9.42 Å². The van der Waals surface area contributed by atoms with Gasteiger partial charge in [-0.2, -0.15) is 4.98 Å². The van der Waals surface area contributed by atoms with Crippen LogP contribution in [0.2, 0.25) is 0 Å². The topological polar surface area (TPSA) is 59.2 Å². The molecule has 104 valence electrons. The molecular weight excluding hydrogens is 254 g/mol. The van der Waals surface area contributed by atoms with Crippen molar-refractivity contribution in [2.45, 2.75) is 32.7 Å². The van der Waals surface area contributed by atoms with Crippen molar-refractivity contribution in [3.63, 3.8) is 0 Å². The summed E-state index contributed by atoms with van der Waals surface area (Å²) >= 11 is 0. The van der Waals surface area contributed by atoms with Crippen LogP contribution in [0.25, 0.3) is 0 Å². The molecule has 1 atom stereocenters. The molecule has 1 aliphatic heterocycles. The lowest BCUT2D eigenvalue weighted by molar-refractivity contribution is -0.128. The zero-order chi connectivity index (χ0) is 14.1. The van der Waals surface area contributed by atoms with Crippen molar-refractivity contribution < 1.29 is 9.32 Å². The summed E-state index contributed by atoms with van der Waals surface area (Å²) in [4.78, 5) is 18.2. The fourth-order valence-electron chi connectivity index (χ4n) is 2.48. The lowest BCUT2D eigenvalue weighted by Crippen LogP contribution is -2.24. The molecule has 2 heterocycles. The lowest BCUT2D eigenvalue weighted by atomic mass is 10.1. The Labute approximate surface area is 117 Å². The molecule has 0 unspecified atom stereocenters. The van der Waals surface area contributed by atoms with Gasteiger partial charge in [-0.05, 0) is 19.4 Å². The molecule has 3 rings (SSSR count). The summed E-state index contributed by atoms with van der Waals surface area (Å²) in [5.74, 6) is 1.35. The van der Waals surface area contributed by atoms with Crippen LogP contribution in [0.1, 0.15) is 35.2 Å². The first-order chi connectivity index (χ1) is 9.61. The third-order valence-electron chi connectivity index (χ3n) is 3.60. The minimum Gasteiger partial charge on any atom is -0.339 e. The normalized spacial score (nSPS) is 18.8. The van der Waals surface area contributed by atoms with E-state index in [-0.39, 0.29) is 11.8 Å². The Morgan fingerprint density at radius 1 is 1.30 bits per heavy atom. The van der Waals surface area contributed by atoms with Crippen molar-refractivity contribution in [2.24, 2.45) is 0 Å². The second-order valence-corrected chi connectivity index (χ2v) is 5.34. The SMILES string of the molecule is Cc1ccc(CN2C[C@@H](c3nc(C)no3)CC2=O)cc1. The van der Waals surface area contributed by atoms with Crippen LogP contribution in [0.3, 0.4) is 0 Å². The van der Waals surface area contributed by atoms with Gasteiger partial charge in [-0.25, -0.2) is 0 Å². The number of likely N-dealkylation sites (tertiary alicyclic amines) is 1. The monoisotopic (exact) mass is 271 g/mol. The number of aromatic nitrogens is 2. The van der Waals surface area contributed by atoms with E-state index < -0.39 is 0 Å². The summed E-state index contributed by atoms with van der Waals surface area (Å²) in [5.41, 5.74) is 2.37. The molecule has 0 spiro atoms. The van der Waals surface area contributed by atoms with E-state index in [1.54, 1.807) is 6.92 Å². The Hall–Kier alpha value is -2.17. The van der Waals surface area contributed by atoms with E-state index >= 15 is 0 Å². The highest BCUT2D eigenvalue weighted by Crippen LogP contribution is 2.28. The molecule has 1 aliphatic rings. The fourth-order valence-corrected chi connectivity index (χ4v) is 2.48. The zero-order valence-corrected chi connectivity index (χ0v) is 11.7. The van der Waals surface area contributed by atoms with E-state index in [9.17, 15) is 4.79 Å². The number of carbonyl (C=O) groups excluding carboxylic acids is 1. The molecule has 0 aliphatic carbocycles. The number of hydrogen-bond acceptors (Lipinski definition) is 4. The van der Waals surface area contributed by atoms with Crippen LogP contribution in [-0.4, -0.2) is 27.5 Å². The Kier molecular flexibility index (Phi) is 3.26. The maximum atomic E-state index is 12.1. The van der Waals surface area contributed by atoms with E-state index in [4.69, 9.17) is 4.52 Å². The molecule has 5 nitrogen and oxygen atoms in total. The van der Waals surface area contributed by atoms with Crippen LogP contribution < -0.4 is 0 Å². The summed E-state index contributed by atoms with van der Waals surface area (Å²) in [5, 5.41) is 3.79. The molecule has 1 aromatic heterocycles. The number of carbonyl (C=O) groups is 1. The second-order valence-electron chi connectivity index (χ2n) is 5.34. The van der Waals surface area contributed by atoms with Crippen molar-refractivity contribution in [3.05, 3.63) is 47.1 Å². The molecule has 0 saturated carbocycles. The summed E-state index contributed by atoms with van der Waals surface area (Å²) < 4.78 is 5.17. The first-order valence-electron chi connectivity index (χ1n) is 6.75. The molecule has 0 radical (unpaired) electrons. The van der Waals surface area contributed by atoms with Crippen molar-refractivity contribution in [1.82, 2.24) is 15.0 Å². The van der Waals surface area contributed by atoms with E-state index in [1.165, 1.54) is 5.56 Å². The number of amides is 1. The van der Waals surface area contributed by atoms with Crippen LogP contribution >= 0.6 is 0 Å². The minimum absolute atomic E-state index is 0.0224. The van der Waals surface area contributed by atoms with E-state index in [2.05, 4.69) is 41.3 Å². The van der Waals surface area contributed by atoms with Gasteiger partial charge in [-0.3, -0.25) is 4.79 Å². The van der Waals surface area contributed by atoms with Crippen LogP contribution in [0.15, 0.2) is 28.8 Å². The molecule has 1 saturated heterocycles. The Morgan fingerprint density at radius 3 is 2.70 bits per heavy atom. The molecule has 0 N–H and O–H groups in total. The predicted octanol–water partition coefficient (Wildman–Crippen LogP) is 2.20. The second kappa shape index (κ2) is 5.07. The number of aryl methyl sites for hydroxylation is 2. The fraction of sp³-hybridized carbons (Fsp3) is 0.400. The van der Waals surface area contributed by atoms with Gasteiger partial charge in [0.1, 0.15) is 0 Å². The minimum atomic E-state index is 0.0224. The van der Waals surface area contributed by atoms with Gasteiger partial charge in [0.25, 0.3) is 0 Å². The lowest BCUT2D eigenvalue weighted by Gasteiger charge is -2.16. The van der Waals surface area contributed by atoms with Gasteiger partial charge in [0.05, 0.1) is 5.92 Å². The predicted molar refractivity (Wildman–Crippen MR) is 73.0 cm³/mol. The maximum absolute atomic E-state index is 12.1. The van der Waals surface area contributed by atoms with E-state index in [1.807, 2.05) is 4.90 Å². The first-order valence-corrected chi connectivity index (χ1v) is 6.75. The molecule has 1 aromatic carbocycles. The third kappa shape index (κ3) is 2.57. The highest BCUT2D eigenvalue weighted by atomic mass is 16.5. The van der Waals surface area contributed by atoms with E-state index in [0.29, 0.717) is 31.2 Å². The van der Waals surface area contributed by atoms with Crippen LogP contribution in [-0.2, 0) is 11.3 Å². The zero-order valence-electron chi connectivity index (χ0n) is 11.7.